The summed E-state index contributed by atoms with van der Waals surface area (Å²) in [4.78, 5) is 13.5. The molecule has 2 aromatic carbocycles. The van der Waals surface area contributed by atoms with Crippen LogP contribution in [0, 0.1) is 0 Å². The average Bonchev–Trinajstić information content (AvgIpc) is 2.50. The Balaban J connectivity index is 2.22. The van der Waals surface area contributed by atoms with Crippen molar-refractivity contribution in [3.05, 3.63) is 54.1 Å². The zero-order valence-electron chi connectivity index (χ0n) is 12.3. The van der Waals surface area contributed by atoms with Crippen LogP contribution in [0.1, 0.15) is 24.2 Å². The molecule has 2 rings (SSSR count). The van der Waals surface area contributed by atoms with E-state index in [2.05, 4.69) is 12.2 Å². The molecule has 0 heterocycles. The maximum Gasteiger partial charge on any atom is 0.256 e. The first-order valence-electron chi connectivity index (χ1n) is 7.01. The molecule has 3 nitrogen and oxygen atoms in total. The van der Waals surface area contributed by atoms with Crippen molar-refractivity contribution in [2.45, 2.75) is 18.7 Å². The normalized spacial score (nSPS) is 10.2. The van der Waals surface area contributed by atoms with Gasteiger partial charge in [0.15, 0.2) is 0 Å². The molecule has 1 amide bonds. The summed E-state index contributed by atoms with van der Waals surface area (Å²) in [6.45, 7) is 4.56. The maximum atomic E-state index is 12.5. The number of thioether (sulfide) groups is 1. The summed E-state index contributed by atoms with van der Waals surface area (Å²) in [6, 6.07) is 15.1. The Hall–Kier alpha value is -1.94. The molecule has 0 aliphatic heterocycles. The van der Waals surface area contributed by atoms with E-state index in [1.807, 2.05) is 55.5 Å². The van der Waals surface area contributed by atoms with Crippen LogP contribution in [0.3, 0.4) is 0 Å². The second-order valence-electron chi connectivity index (χ2n) is 4.31. The van der Waals surface area contributed by atoms with Gasteiger partial charge in [0.25, 0.3) is 5.91 Å². The number of ether oxygens (including phenoxy) is 1. The first-order chi connectivity index (χ1) is 10.3. The molecule has 0 aliphatic rings. The topological polar surface area (TPSA) is 38.3 Å². The number of rotatable bonds is 6. The van der Waals surface area contributed by atoms with Crippen LogP contribution < -0.4 is 10.1 Å². The van der Waals surface area contributed by atoms with Crippen molar-refractivity contribution in [3.8, 4) is 5.75 Å². The second kappa shape index (κ2) is 7.74. The van der Waals surface area contributed by atoms with E-state index in [-0.39, 0.29) is 5.91 Å². The van der Waals surface area contributed by atoms with E-state index in [0.717, 1.165) is 10.6 Å². The lowest BCUT2D eigenvalue weighted by Gasteiger charge is -2.12. The Morgan fingerprint density at radius 3 is 2.57 bits per heavy atom. The number of hydrogen-bond donors (Lipinski definition) is 1. The second-order valence-corrected chi connectivity index (χ2v) is 5.62. The lowest BCUT2D eigenvalue weighted by Crippen LogP contribution is -2.14. The van der Waals surface area contributed by atoms with Crippen LogP contribution in [0.25, 0.3) is 0 Å². The minimum atomic E-state index is -0.112. The van der Waals surface area contributed by atoms with Crippen LogP contribution in [-0.4, -0.2) is 18.3 Å². The summed E-state index contributed by atoms with van der Waals surface area (Å²) in [6.07, 6.45) is 0. The fourth-order valence-electron chi connectivity index (χ4n) is 1.98. The molecule has 0 saturated heterocycles. The highest BCUT2D eigenvalue weighted by molar-refractivity contribution is 7.99. The molecule has 0 spiro atoms. The highest BCUT2D eigenvalue weighted by Crippen LogP contribution is 2.27. The fourth-order valence-corrected chi connectivity index (χ4v) is 2.78. The molecular weight excluding hydrogens is 282 g/mol. The number of carbonyl (C=O) groups is 1. The van der Waals surface area contributed by atoms with Crippen LogP contribution in [0.15, 0.2) is 53.4 Å². The smallest absolute Gasteiger partial charge is 0.256 e. The Morgan fingerprint density at radius 1 is 1.10 bits per heavy atom. The van der Waals surface area contributed by atoms with Crippen LogP contribution in [0.5, 0.6) is 5.75 Å². The van der Waals surface area contributed by atoms with Crippen molar-refractivity contribution >= 4 is 23.4 Å². The lowest BCUT2D eigenvalue weighted by molar-refractivity contribution is 0.102. The van der Waals surface area contributed by atoms with Gasteiger partial charge in [-0.1, -0.05) is 31.2 Å². The number of anilines is 1. The van der Waals surface area contributed by atoms with Crippen molar-refractivity contribution in [3.63, 3.8) is 0 Å². The molecule has 0 saturated carbocycles. The van der Waals surface area contributed by atoms with Gasteiger partial charge in [0, 0.05) is 4.90 Å². The molecular formula is C17H19NO2S. The van der Waals surface area contributed by atoms with Gasteiger partial charge in [0.05, 0.1) is 17.9 Å². The number of nitrogens with one attached hydrogen (secondary N) is 1. The molecule has 0 fully saturated rings. The van der Waals surface area contributed by atoms with Crippen LogP contribution in [0.2, 0.25) is 0 Å². The summed E-state index contributed by atoms with van der Waals surface area (Å²) >= 11 is 1.66. The number of carbonyl (C=O) groups excluding carboxylic acids is 1. The minimum Gasteiger partial charge on any atom is -0.492 e. The summed E-state index contributed by atoms with van der Waals surface area (Å²) in [5, 5.41) is 2.93. The SMILES string of the molecule is CCOc1ccccc1NC(=O)c1ccccc1SCC. The molecule has 1 N–H and O–H groups in total. The van der Waals surface area contributed by atoms with Gasteiger partial charge in [-0.3, -0.25) is 4.79 Å². The zero-order chi connectivity index (χ0) is 15.1. The van der Waals surface area contributed by atoms with Crippen LogP contribution >= 0.6 is 11.8 Å². The van der Waals surface area contributed by atoms with E-state index in [1.165, 1.54) is 0 Å². The monoisotopic (exact) mass is 301 g/mol. The van der Waals surface area contributed by atoms with Gasteiger partial charge in [0.1, 0.15) is 5.75 Å². The van der Waals surface area contributed by atoms with Gasteiger partial charge in [0.2, 0.25) is 0 Å². The molecule has 0 bridgehead atoms. The summed E-state index contributed by atoms with van der Waals surface area (Å²) in [5.41, 5.74) is 1.39. The van der Waals surface area contributed by atoms with Crippen molar-refractivity contribution in [1.29, 1.82) is 0 Å². The van der Waals surface area contributed by atoms with Crippen molar-refractivity contribution < 1.29 is 9.53 Å². The van der Waals surface area contributed by atoms with Gasteiger partial charge in [-0.15, -0.1) is 11.8 Å². The van der Waals surface area contributed by atoms with Gasteiger partial charge in [-0.05, 0) is 36.9 Å². The third kappa shape index (κ3) is 4.02. The van der Waals surface area contributed by atoms with E-state index in [0.29, 0.717) is 23.6 Å². The molecule has 110 valence electrons. The van der Waals surface area contributed by atoms with Crippen molar-refractivity contribution in [1.82, 2.24) is 0 Å². The van der Waals surface area contributed by atoms with E-state index in [1.54, 1.807) is 11.8 Å². The molecule has 0 atom stereocenters. The van der Waals surface area contributed by atoms with Gasteiger partial charge in [-0.2, -0.15) is 0 Å². The first kappa shape index (κ1) is 15.4. The zero-order valence-corrected chi connectivity index (χ0v) is 13.1. The number of amides is 1. The Kier molecular flexibility index (Phi) is 5.69. The van der Waals surface area contributed by atoms with Crippen molar-refractivity contribution in [2.75, 3.05) is 17.7 Å². The quantitative estimate of drug-likeness (QED) is 0.801. The minimum absolute atomic E-state index is 0.112. The highest BCUT2D eigenvalue weighted by atomic mass is 32.2. The van der Waals surface area contributed by atoms with E-state index >= 15 is 0 Å². The standard InChI is InChI=1S/C17H19NO2S/c1-3-20-15-11-7-6-10-14(15)18-17(19)13-9-5-8-12-16(13)21-4-2/h5-12H,3-4H2,1-2H3,(H,18,19). The molecule has 0 unspecified atom stereocenters. The average molecular weight is 301 g/mol. The Bertz CT molecular complexity index is 613. The predicted octanol–water partition coefficient (Wildman–Crippen LogP) is 4.45. The van der Waals surface area contributed by atoms with Crippen LogP contribution in [-0.2, 0) is 0 Å². The Morgan fingerprint density at radius 2 is 1.81 bits per heavy atom. The molecule has 2 aromatic rings. The molecule has 0 aliphatic carbocycles. The molecule has 0 radical (unpaired) electrons. The number of para-hydroxylation sites is 2. The summed E-state index contributed by atoms with van der Waals surface area (Å²) in [7, 11) is 0. The fraction of sp³-hybridized carbons (Fsp3) is 0.235. The first-order valence-corrected chi connectivity index (χ1v) is 7.99. The lowest BCUT2D eigenvalue weighted by atomic mass is 10.2. The summed E-state index contributed by atoms with van der Waals surface area (Å²) < 4.78 is 5.53. The third-order valence-electron chi connectivity index (χ3n) is 2.87. The van der Waals surface area contributed by atoms with Gasteiger partial charge in [-0.25, -0.2) is 0 Å². The van der Waals surface area contributed by atoms with Gasteiger partial charge < -0.3 is 10.1 Å². The Labute approximate surface area is 129 Å². The number of hydrogen-bond acceptors (Lipinski definition) is 3. The molecule has 21 heavy (non-hydrogen) atoms. The maximum absolute atomic E-state index is 12.5. The van der Waals surface area contributed by atoms with E-state index in [4.69, 9.17) is 4.74 Å². The highest BCUT2D eigenvalue weighted by Gasteiger charge is 2.13. The molecule has 4 heteroatoms. The largest absolute Gasteiger partial charge is 0.492 e. The van der Waals surface area contributed by atoms with Gasteiger partial charge >= 0.3 is 0 Å². The van der Waals surface area contributed by atoms with E-state index in [9.17, 15) is 4.79 Å². The van der Waals surface area contributed by atoms with Crippen molar-refractivity contribution in [2.24, 2.45) is 0 Å². The third-order valence-corrected chi connectivity index (χ3v) is 3.82. The number of benzene rings is 2. The summed E-state index contributed by atoms with van der Waals surface area (Å²) in [5.74, 6) is 1.51. The van der Waals surface area contributed by atoms with E-state index < -0.39 is 0 Å². The molecule has 0 aromatic heterocycles. The predicted molar refractivity (Wildman–Crippen MR) is 88.4 cm³/mol. The van der Waals surface area contributed by atoms with Crippen LogP contribution in [0.4, 0.5) is 5.69 Å².